The maximum atomic E-state index is 12.4. The molecule has 1 aliphatic rings. The molecule has 0 aromatic heterocycles. The standard InChI is InChI=1S/C17H16BrN3O5S/c18-14-8-7-11(27(25,26)21-10-5-6-10)9-13(14)17(24)20-19-16(23)12-3-1-2-4-15(12)22/h1-4,7-10,21-22H,5-6H2,(H,19,23)(H,20,24). The minimum Gasteiger partial charge on any atom is -0.507 e. The summed E-state index contributed by atoms with van der Waals surface area (Å²) in [6.45, 7) is 0. The van der Waals surface area contributed by atoms with Gasteiger partial charge in [-0.05, 0) is 59.1 Å². The van der Waals surface area contributed by atoms with E-state index in [1.54, 1.807) is 12.1 Å². The third kappa shape index (κ3) is 4.65. The summed E-state index contributed by atoms with van der Waals surface area (Å²) < 4.78 is 27.5. The van der Waals surface area contributed by atoms with Crippen LogP contribution in [-0.4, -0.2) is 31.4 Å². The van der Waals surface area contributed by atoms with E-state index in [2.05, 4.69) is 31.5 Å². The Morgan fingerprint density at radius 1 is 1.00 bits per heavy atom. The topological polar surface area (TPSA) is 125 Å². The lowest BCUT2D eigenvalue weighted by Gasteiger charge is -2.11. The summed E-state index contributed by atoms with van der Waals surface area (Å²) in [4.78, 5) is 24.4. The summed E-state index contributed by atoms with van der Waals surface area (Å²) >= 11 is 3.20. The van der Waals surface area contributed by atoms with Crippen LogP contribution < -0.4 is 15.6 Å². The normalized spacial score (nSPS) is 13.8. The van der Waals surface area contributed by atoms with Crippen LogP contribution in [0.4, 0.5) is 0 Å². The van der Waals surface area contributed by atoms with Gasteiger partial charge in [0.05, 0.1) is 16.0 Å². The molecule has 2 aromatic rings. The van der Waals surface area contributed by atoms with Gasteiger partial charge in [0.25, 0.3) is 11.8 Å². The summed E-state index contributed by atoms with van der Waals surface area (Å²) in [5.74, 6) is -1.66. The van der Waals surface area contributed by atoms with E-state index >= 15 is 0 Å². The summed E-state index contributed by atoms with van der Waals surface area (Å²) in [5, 5.41) is 9.66. The predicted octanol–water partition coefficient (Wildman–Crippen LogP) is 1.67. The van der Waals surface area contributed by atoms with Crippen LogP contribution in [0.15, 0.2) is 51.8 Å². The van der Waals surface area contributed by atoms with Crippen molar-refractivity contribution in [2.75, 3.05) is 0 Å². The first-order chi connectivity index (χ1) is 12.8. The number of hydrogen-bond donors (Lipinski definition) is 4. The fourth-order valence-electron chi connectivity index (χ4n) is 2.25. The first-order valence-electron chi connectivity index (χ1n) is 7.98. The lowest BCUT2D eigenvalue weighted by atomic mass is 10.2. The molecule has 0 unspecified atom stereocenters. The van der Waals surface area contributed by atoms with Crippen LogP contribution in [0.3, 0.4) is 0 Å². The smallest absolute Gasteiger partial charge is 0.273 e. The van der Waals surface area contributed by atoms with Crippen LogP contribution >= 0.6 is 15.9 Å². The summed E-state index contributed by atoms with van der Waals surface area (Å²) in [6, 6.07) is 9.84. The van der Waals surface area contributed by atoms with Gasteiger partial charge in [-0.15, -0.1) is 0 Å². The second-order valence-corrected chi connectivity index (χ2v) is 8.53. The zero-order valence-corrected chi connectivity index (χ0v) is 16.3. The molecule has 0 radical (unpaired) electrons. The number of carbonyl (C=O) groups excluding carboxylic acids is 2. The number of carbonyl (C=O) groups is 2. The molecular weight excluding hydrogens is 438 g/mol. The Morgan fingerprint density at radius 3 is 2.26 bits per heavy atom. The number of halogens is 1. The van der Waals surface area contributed by atoms with Gasteiger partial charge < -0.3 is 5.11 Å². The lowest BCUT2D eigenvalue weighted by molar-refractivity contribution is 0.0844. The van der Waals surface area contributed by atoms with E-state index in [0.29, 0.717) is 4.47 Å². The highest BCUT2D eigenvalue weighted by atomic mass is 79.9. The molecule has 1 saturated carbocycles. The monoisotopic (exact) mass is 453 g/mol. The van der Waals surface area contributed by atoms with E-state index in [1.807, 2.05) is 0 Å². The van der Waals surface area contributed by atoms with Crippen molar-refractivity contribution in [1.82, 2.24) is 15.6 Å². The van der Waals surface area contributed by atoms with Gasteiger partial charge in [-0.3, -0.25) is 20.4 Å². The summed E-state index contributed by atoms with van der Waals surface area (Å²) in [6.07, 6.45) is 1.59. The van der Waals surface area contributed by atoms with E-state index in [9.17, 15) is 23.1 Å². The van der Waals surface area contributed by atoms with Crippen LogP contribution in [0.5, 0.6) is 5.75 Å². The maximum Gasteiger partial charge on any atom is 0.273 e. The fraction of sp³-hybridized carbons (Fsp3) is 0.176. The molecule has 0 bridgehead atoms. The average Bonchev–Trinajstić information content (AvgIpc) is 3.43. The first-order valence-corrected chi connectivity index (χ1v) is 10.3. The lowest BCUT2D eigenvalue weighted by Crippen LogP contribution is -2.41. The number of hydrogen-bond acceptors (Lipinski definition) is 5. The number of hydrazine groups is 1. The van der Waals surface area contributed by atoms with Crippen molar-refractivity contribution in [1.29, 1.82) is 0 Å². The molecule has 4 N–H and O–H groups in total. The zero-order valence-electron chi connectivity index (χ0n) is 13.9. The van der Waals surface area contributed by atoms with Gasteiger partial charge in [-0.1, -0.05) is 12.1 Å². The number of benzene rings is 2. The molecule has 0 heterocycles. The summed E-state index contributed by atoms with van der Waals surface area (Å²) in [7, 11) is -3.72. The summed E-state index contributed by atoms with van der Waals surface area (Å²) in [5.41, 5.74) is 4.40. The van der Waals surface area contributed by atoms with Gasteiger partial charge in [-0.25, -0.2) is 13.1 Å². The molecule has 2 amide bonds. The third-order valence-corrected chi connectivity index (χ3v) is 6.04. The van der Waals surface area contributed by atoms with Crippen LogP contribution in [0.25, 0.3) is 0 Å². The average molecular weight is 454 g/mol. The van der Waals surface area contributed by atoms with Gasteiger partial charge in [0.15, 0.2) is 0 Å². The number of nitrogens with one attached hydrogen (secondary N) is 3. The Labute approximate surface area is 164 Å². The number of phenols is 1. The molecule has 0 atom stereocenters. The van der Waals surface area contributed by atoms with Gasteiger partial charge in [0.2, 0.25) is 10.0 Å². The Kier molecular flexibility index (Phi) is 5.49. The van der Waals surface area contributed by atoms with E-state index in [-0.39, 0.29) is 27.8 Å². The molecule has 1 aliphatic carbocycles. The number of amides is 2. The van der Waals surface area contributed by atoms with E-state index in [1.165, 1.54) is 30.3 Å². The highest BCUT2D eigenvalue weighted by Crippen LogP contribution is 2.25. The number of para-hydroxylation sites is 1. The highest BCUT2D eigenvalue weighted by Gasteiger charge is 2.28. The largest absolute Gasteiger partial charge is 0.507 e. The zero-order chi connectivity index (χ0) is 19.6. The van der Waals surface area contributed by atoms with Crippen LogP contribution in [0, 0.1) is 0 Å². The van der Waals surface area contributed by atoms with Gasteiger partial charge >= 0.3 is 0 Å². The highest BCUT2D eigenvalue weighted by molar-refractivity contribution is 9.10. The predicted molar refractivity (Wildman–Crippen MR) is 101 cm³/mol. The quantitative estimate of drug-likeness (QED) is 0.512. The van der Waals surface area contributed by atoms with Gasteiger partial charge in [-0.2, -0.15) is 0 Å². The van der Waals surface area contributed by atoms with Crippen molar-refractivity contribution in [3.8, 4) is 5.75 Å². The SMILES string of the molecule is O=C(NNC(=O)c1cc(S(=O)(=O)NC2CC2)ccc1Br)c1ccccc1O. The van der Waals surface area contributed by atoms with Gasteiger partial charge in [0, 0.05) is 10.5 Å². The molecule has 8 nitrogen and oxygen atoms in total. The van der Waals surface area contributed by atoms with E-state index < -0.39 is 21.8 Å². The Hall–Kier alpha value is -2.43. The van der Waals surface area contributed by atoms with Crippen molar-refractivity contribution in [3.63, 3.8) is 0 Å². The van der Waals surface area contributed by atoms with Crippen LogP contribution in [0.1, 0.15) is 33.6 Å². The van der Waals surface area contributed by atoms with Crippen LogP contribution in [0.2, 0.25) is 0 Å². The molecule has 3 rings (SSSR count). The molecule has 0 aliphatic heterocycles. The number of phenolic OH excluding ortho intramolecular Hbond substituents is 1. The van der Waals surface area contributed by atoms with Crippen molar-refractivity contribution in [3.05, 3.63) is 58.1 Å². The second-order valence-electron chi connectivity index (χ2n) is 5.96. The number of sulfonamides is 1. The van der Waals surface area contributed by atoms with E-state index in [0.717, 1.165) is 12.8 Å². The second kappa shape index (κ2) is 7.67. The van der Waals surface area contributed by atoms with Crippen molar-refractivity contribution in [2.24, 2.45) is 0 Å². The van der Waals surface area contributed by atoms with E-state index in [4.69, 9.17) is 0 Å². The fourth-order valence-corrected chi connectivity index (χ4v) is 4.01. The minimum absolute atomic E-state index is 0.0122. The molecule has 0 spiro atoms. The molecule has 142 valence electrons. The number of rotatable bonds is 5. The van der Waals surface area contributed by atoms with Crippen molar-refractivity contribution >= 4 is 37.8 Å². The molecule has 27 heavy (non-hydrogen) atoms. The van der Waals surface area contributed by atoms with Crippen LogP contribution in [-0.2, 0) is 10.0 Å². The number of aromatic hydroxyl groups is 1. The molecule has 1 fully saturated rings. The minimum atomic E-state index is -3.72. The third-order valence-electron chi connectivity index (χ3n) is 3.83. The molecule has 0 saturated heterocycles. The Morgan fingerprint density at radius 2 is 1.63 bits per heavy atom. The Balaban J connectivity index is 1.73. The Bertz CT molecular complexity index is 1010. The maximum absolute atomic E-state index is 12.4. The molecule has 10 heteroatoms. The first kappa shape index (κ1) is 19.3. The molecule has 2 aromatic carbocycles. The van der Waals surface area contributed by atoms with Gasteiger partial charge in [0.1, 0.15) is 5.75 Å². The molecular formula is C17H16BrN3O5S. The van der Waals surface area contributed by atoms with Crippen molar-refractivity contribution < 1.29 is 23.1 Å². The van der Waals surface area contributed by atoms with Crippen molar-refractivity contribution in [2.45, 2.75) is 23.8 Å².